The number of hydrogen-bond acceptors (Lipinski definition) is 2. The Balaban J connectivity index is 2.92. The van der Waals surface area contributed by atoms with E-state index in [1.807, 2.05) is 12.1 Å². The third-order valence-electron chi connectivity index (χ3n) is 2.60. The Kier molecular flexibility index (Phi) is 3.51. The normalized spacial score (nSPS) is 10.5. The van der Waals surface area contributed by atoms with E-state index >= 15 is 0 Å². The average Bonchev–Trinajstić information content (AvgIpc) is 2.32. The summed E-state index contributed by atoms with van der Waals surface area (Å²) >= 11 is 2.09. The Labute approximate surface area is 117 Å². The molecule has 1 heterocycles. The largest absolute Gasteiger partial charge is 0.477 e. The standard InChI is InChI=1S/C13H10INO3/c1-2-5-15-7-10(13(17)18)12(16)9-6-8(14)3-4-11(9)15/h2-4,6-7H,1,5H2,(H,17,18). The lowest BCUT2D eigenvalue weighted by Gasteiger charge is -2.10. The summed E-state index contributed by atoms with van der Waals surface area (Å²) in [6.45, 7) is 4.09. The van der Waals surface area contributed by atoms with E-state index in [0.29, 0.717) is 17.4 Å². The van der Waals surface area contributed by atoms with Gasteiger partial charge in [0, 0.05) is 21.7 Å². The molecule has 0 unspecified atom stereocenters. The van der Waals surface area contributed by atoms with E-state index in [-0.39, 0.29) is 5.56 Å². The first-order valence-electron chi connectivity index (χ1n) is 5.21. The molecule has 0 bridgehead atoms. The van der Waals surface area contributed by atoms with Gasteiger partial charge >= 0.3 is 5.97 Å². The number of carboxylic acid groups (broad SMARTS) is 1. The lowest BCUT2D eigenvalue weighted by molar-refractivity contribution is 0.0695. The van der Waals surface area contributed by atoms with E-state index in [9.17, 15) is 9.59 Å². The summed E-state index contributed by atoms with van der Waals surface area (Å²) in [6.07, 6.45) is 3.02. The van der Waals surface area contributed by atoms with Gasteiger partial charge in [-0.1, -0.05) is 6.08 Å². The van der Waals surface area contributed by atoms with Gasteiger partial charge in [0.15, 0.2) is 0 Å². The number of pyridine rings is 1. The number of carbonyl (C=O) groups is 1. The zero-order chi connectivity index (χ0) is 13.3. The van der Waals surface area contributed by atoms with Gasteiger partial charge in [0.05, 0.1) is 5.52 Å². The number of fused-ring (bicyclic) bond motifs is 1. The maximum Gasteiger partial charge on any atom is 0.341 e. The van der Waals surface area contributed by atoms with Crippen LogP contribution in [0.2, 0.25) is 0 Å². The molecule has 5 heteroatoms. The van der Waals surface area contributed by atoms with Gasteiger partial charge in [0.25, 0.3) is 0 Å². The first kappa shape index (κ1) is 12.8. The first-order valence-corrected chi connectivity index (χ1v) is 6.29. The molecule has 2 aromatic rings. The van der Waals surface area contributed by atoms with Gasteiger partial charge in [0.1, 0.15) is 5.56 Å². The van der Waals surface area contributed by atoms with Crippen molar-refractivity contribution in [2.24, 2.45) is 0 Å². The molecule has 0 aliphatic heterocycles. The predicted molar refractivity (Wildman–Crippen MR) is 78.1 cm³/mol. The number of rotatable bonds is 3. The Bertz CT molecular complexity index is 703. The summed E-state index contributed by atoms with van der Waals surface area (Å²) in [4.78, 5) is 23.1. The second-order valence-electron chi connectivity index (χ2n) is 3.78. The molecule has 0 fully saturated rings. The number of carboxylic acids is 1. The quantitative estimate of drug-likeness (QED) is 0.680. The molecule has 0 saturated heterocycles. The average molecular weight is 355 g/mol. The van der Waals surface area contributed by atoms with Crippen LogP contribution in [0.3, 0.4) is 0 Å². The van der Waals surface area contributed by atoms with Crippen molar-refractivity contribution >= 4 is 39.5 Å². The number of aromatic carboxylic acids is 1. The SMILES string of the molecule is C=CCn1cc(C(=O)O)c(=O)c2cc(I)ccc21. The molecule has 0 radical (unpaired) electrons. The minimum Gasteiger partial charge on any atom is -0.477 e. The highest BCUT2D eigenvalue weighted by atomic mass is 127. The van der Waals surface area contributed by atoms with Crippen molar-refractivity contribution in [2.45, 2.75) is 6.54 Å². The monoisotopic (exact) mass is 355 g/mol. The highest BCUT2D eigenvalue weighted by Gasteiger charge is 2.14. The molecule has 1 aromatic carbocycles. The molecule has 2 rings (SSSR count). The second-order valence-corrected chi connectivity index (χ2v) is 5.03. The summed E-state index contributed by atoms with van der Waals surface area (Å²) in [5.41, 5.74) is 0.0491. The van der Waals surface area contributed by atoms with Crippen LogP contribution in [0.25, 0.3) is 10.9 Å². The maximum atomic E-state index is 12.1. The van der Waals surface area contributed by atoms with Crippen LogP contribution in [0.4, 0.5) is 0 Å². The Morgan fingerprint density at radius 3 is 2.83 bits per heavy atom. The zero-order valence-electron chi connectivity index (χ0n) is 9.39. The van der Waals surface area contributed by atoms with E-state index in [0.717, 1.165) is 3.57 Å². The van der Waals surface area contributed by atoms with Crippen molar-refractivity contribution < 1.29 is 9.90 Å². The lowest BCUT2D eigenvalue weighted by Crippen LogP contribution is -2.18. The molecule has 4 nitrogen and oxygen atoms in total. The number of halogens is 1. The van der Waals surface area contributed by atoms with Crippen molar-refractivity contribution in [3.05, 3.63) is 56.4 Å². The van der Waals surface area contributed by atoms with Crippen LogP contribution in [0.15, 0.2) is 41.8 Å². The molecule has 0 spiro atoms. The molecular weight excluding hydrogens is 345 g/mol. The molecule has 0 aliphatic carbocycles. The highest BCUT2D eigenvalue weighted by molar-refractivity contribution is 14.1. The van der Waals surface area contributed by atoms with E-state index in [1.54, 1.807) is 16.7 Å². The summed E-state index contributed by atoms with van der Waals surface area (Å²) in [7, 11) is 0. The summed E-state index contributed by atoms with van der Waals surface area (Å²) in [5, 5.41) is 9.47. The van der Waals surface area contributed by atoms with E-state index in [4.69, 9.17) is 5.11 Å². The van der Waals surface area contributed by atoms with Gasteiger partial charge in [-0.2, -0.15) is 0 Å². The lowest BCUT2D eigenvalue weighted by atomic mass is 10.1. The molecule has 0 saturated carbocycles. The van der Waals surface area contributed by atoms with Crippen molar-refractivity contribution in [3.8, 4) is 0 Å². The van der Waals surface area contributed by atoms with Gasteiger partial charge in [-0.3, -0.25) is 4.79 Å². The number of allylic oxidation sites excluding steroid dienone is 1. The molecule has 1 aromatic heterocycles. The number of nitrogens with zero attached hydrogens (tertiary/aromatic N) is 1. The third kappa shape index (κ3) is 2.17. The Morgan fingerprint density at radius 1 is 1.50 bits per heavy atom. The second kappa shape index (κ2) is 4.93. The fourth-order valence-electron chi connectivity index (χ4n) is 1.81. The van der Waals surface area contributed by atoms with Crippen molar-refractivity contribution in [3.63, 3.8) is 0 Å². The Hall–Kier alpha value is -1.63. The van der Waals surface area contributed by atoms with Crippen LogP contribution in [0, 0.1) is 3.57 Å². The first-order chi connectivity index (χ1) is 8.54. The van der Waals surface area contributed by atoms with Crippen LogP contribution in [0.1, 0.15) is 10.4 Å². The van der Waals surface area contributed by atoms with E-state index in [2.05, 4.69) is 29.2 Å². The van der Waals surface area contributed by atoms with Gasteiger partial charge in [-0.25, -0.2) is 4.79 Å². The van der Waals surface area contributed by atoms with E-state index < -0.39 is 11.4 Å². The number of benzene rings is 1. The third-order valence-corrected chi connectivity index (χ3v) is 3.27. The molecule has 0 aliphatic rings. The zero-order valence-corrected chi connectivity index (χ0v) is 11.5. The maximum absolute atomic E-state index is 12.1. The molecule has 0 atom stereocenters. The van der Waals surface area contributed by atoms with Crippen molar-refractivity contribution in [1.82, 2.24) is 4.57 Å². The molecule has 0 amide bonds. The highest BCUT2D eigenvalue weighted by Crippen LogP contribution is 2.16. The number of hydrogen-bond donors (Lipinski definition) is 1. The molecule has 1 N–H and O–H groups in total. The number of aromatic nitrogens is 1. The molecule has 92 valence electrons. The van der Waals surface area contributed by atoms with Crippen LogP contribution in [0.5, 0.6) is 0 Å². The summed E-state index contributed by atoms with van der Waals surface area (Å²) < 4.78 is 2.60. The minimum atomic E-state index is -1.21. The van der Waals surface area contributed by atoms with Crippen molar-refractivity contribution in [2.75, 3.05) is 0 Å². The van der Waals surface area contributed by atoms with Crippen LogP contribution < -0.4 is 5.43 Å². The van der Waals surface area contributed by atoms with Gasteiger partial charge < -0.3 is 9.67 Å². The molecule has 18 heavy (non-hydrogen) atoms. The fourth-order valence-corrected chi connectivity index (χ4v) is 2.30. The van der Waals surface area contributed by atoms with Crippen LogP contribution in [-0.2, 0) is 6.54 Å². The summed E-state index contributed by atoms with van der Waals surface area (Å²) in [6, 6.07) is 5.39. The van der Waals surface area contributed by atoms with Gasteiger partial charge in [0.2, 0.25) is 5.43 Å². The van der Waals surface area contributed by atoms with Gasteiger partial charge in [-0.05, 0) is 40.8 Å². The summed E-state index contributed by atoms with van der Waals surface area (Å²) in [5.74, 6) is -1.21. The Morgan fingerprint density at radius 2 is 2.22 bits per heavy atom. The van der Waals surface area contributed by atoms with Crippen molar-refractivity contribution in [1.29, 1.82) is 0 Å². The predicted octanol–water partition coefficient (Wildman–Crippen LogP) is 2.49. The fraction of sp³-hybridized carbons (Fsp3) is 0.0769. The van der Waals surface area contributed by atoms with Crippen LogP contribution in [-0.4, -0.2) is 15.6 Å². The van der Waals surface area contributed by atoms with Crippen LogP contribution >= 0.6 is 22.6 Å². The van der Waals surface area contributed by atoms with E-state index in [1.165, 1.54) is 6.20 Å². The van der Waals surface area contributed by atoms with Gasteiger partial charge in [-0.15, -0.1) is 6.58 Å². The minimum absolute atomic E-state index is 0.216. The molecular formula is C13H10INO3. The smallest absolute Gasteiger partial charge is 0.341 e. The topological polar surface area (TPSA) is 59.3 Å².